The third kappa shape index (κ3) is 10.9. The molecule has 0 saturated heterocycles. The van der Waals surface area contributed by atoms with E-state index in [-0.39, 0.29) is 0 Å². The molecule has 0 aromatic heterocycles. The Morgan fingerprint density at radius 2 is 1.79 bits per heavy atom. The van der Waals surface area contributed by atoms with Crippen LogP contribution in [0.15, 0.2) is 0 Å². The molecule has 0 aliphatic rings. The summed E-state index contributed by atoms with van der Waals surface area (Å²) in [5, 5.41) is 16.2. The summed E-state index contributed by atoms with van der Waals surface area (Å²) < 4.78 is 4.56. The van der Waals surface area contributed by atoms with Crippen LogP contribution in [0.2, 0.25) is 0 Å². The van der Waals surface area contributed by atoms with Crippen LogP contribution in [0.1, 0.15) is 33.1 Å². The lowest BCUT2D eigenvalue weighted by Gasteiger charge is -2.04. The largest absolute Gasteiger partial charge is 0.481 e. The predicted molar refractivity (Wildman–Crippen MR) is 51.3 cm³/mol. The molecule has 1 atom stereocenters. The van der Waals surface area contributed by atoms with Gasteiger partial charge < -0.3 is 14.9 Å². The number of rotatable bonds is 5. The van der Waals surface area contributed by atoms with Crippen LogP contribution >= 0.6 is 0 Å². The number of aliphatic carboxylic acids is 2. The van der Waals surface area contributed by atoms with Gasteiger partial charge in [-0.15, -0.1) is 0 Å². The van der Waals surface area contributed by atoms with E-state index in [1.54, 1.807) is 6.92 Å². The van der Waals surface area contributed by atoms with Crippen LogP contribution < -0.4 is 0 Å². The van der Waals surface area contributed by atoms with Gasteiger partial charge in [0, 0.05) is 13.5 Å². The zero-order valence-corrected chi connectivity index (χ0v) is 8.82. The predicted octanol–water partition coefficient (Wildman–Crippen LogP) is 1.37. The quantitative estimate of drug-likeness (QED) is 0.709. The summed E-state index contributed by atoms with van der Waals surface area (Å²) in [6, 6.07) is 0. The minimum Gasteiger partial charge on any atom is -0.481 e. The molecular weight excluding hydrogens is 188 g/mol. The van der Waals surface area contributed by atoms with E-state index < -0.39 is 18.0 Å². The first kappa shape index (κ1) is 15.4. The molecule has 0 bridgehead atoms. The molecule has 2 N–H and O–H groups in total. The summed E-state index contributed by atoms with van der Waals surface area (Å²) in [5.41, 5.74) is 0. The molecule has 14 heavy (non-hydrogen) atoms. The molecule has 0 heterocycles. The summed E-state index contributed by atoms with van der Waals surface area (Å²) in [6.07, 6.45) is 0.913. The Balaban J connectivity index is 0. The van der Waals surface area contributed by atoms with Crippen molar-refractivity contribution >= 4 is 11.9 Å². The van der Waals surface area contributed by atoms with Crippen molar-refractivity contribution in [3.8, 4) is 0 Å². The smallest absolute Gasteiger partial charge is 0.332 e. The maximum absolute atomic E-state index is 10.0. The zero-order valence-electron chi connectivity index (χ0n) is 8.82. The number of carboxylic acid groups (broad SMARTS) is 2. The molecule has 0 aromatic carbocycles. The van der Waals surface area contributed by atoms with Gasteiger partial charge in [0.2, 0.25) is 0 Å². The molecule has 0 aliphatic heterocycles. The normalized spacial score (nSPS) is 11.1. The van der Waals surface area contributed by atoms with Crippen LogP contribution in [0, 0.1) is 0 Å². The van der Waals surface area contributed by atoms with Crippen molar-refractivity contribution < 1.29 is 24.5 Å². The first-order valence-corrected chi connectivity index (χ1v) is 4.46. The highest BCUT2D eigenvalue weighted by Crippen LogP contribution is 1.93. The van der Waals surface area contributed by atoms with Gasteiger partial charge in [-0.05, 0) is 12.8 Å². The van der Waals surface area contributed by atoms with Gasteiger partial charge in [0.1, 0.15) is 0 Å². The van der Waals surface area contributed by atoms with E-state index in [1.165, 1.54) is 7.11 Å². The van der Waals surface area contributed by atoms with Gasteiger partial charge in [-0.25, -0.2) is 4.79 Å². The number of hydrogen-bond donors (Lipinski definition) is 2. The number of carbonyl (C=O) groups is 2. The molecule has 1 unspecified atom stereocenters. The molecule has 0 rings (SSSR count). The van der Waals surface area contributed by atoms with E-state index in [2.05, 4.69) is 4.74 Å². The Morgan fingerprint density at radius 3 is 1.79 bits per heavy atom. The minimum atomic E-state index is -0.894. The van der Waals surface area contributed by atoms with Crippen molar-refractivity contribution in [2.75, 3.05) is 7.11 Å². The Bertz CT molecular complexity index is 163. The summed E-state index contributed by atoms with van der Waals surface area (Å²) in [4.78, 5) is 19.6. The molecule has 0 spiro atoms. The van der Waals surface area contributed by atoms with Crippen molar-refractivity contribution in [3.05, 3.63) is 0 Å². The Labute approximate surface area is 83.7 Å². The van der Waals surface area contributed by atoms with Crippen LogP contribution in [0.3, 0.4) is 0 Å². The molecule has 0 fully saturated rings. The maximum Gasteiger partial charge on any atom is 0.332 e. The molecule has 0 saturated carbocycles. The molecule has 0 radical (unpaired) electrons. The highest BCUT2D eigenvalue weighted by atomic mass is 16.5. The molecule has 5 nitrogen and oxygen atoms in total. The van der Waals surface area contributed by atoms with Crippen LogP contribution in [0.4, 0.5) is 0 Å². The van der Waals surface area contributed by atoms with E-state index in [1.807, 2.05) is 6.92 Å². The third-order valence-corrected chi connectivity index (χ3v) is 1.39. The van der Waals surface area contributed by atoms with Gasteiger partial charge in [-0.1, -0.05) is 13.8 Å². The number of hydrogen-bond acceptors (Lipinski definition) is 3. The standard InChI is InChI=1S/C5H10O3.C4H8O2/c1-3-4(8-2)5(6)7;1-2-3-4(5)6/h4H,3H2,1-2H3,(H,6,7);2-3H2,1H3,(H,5,6). The van der Waals surface area contributed by atoms with Crippen molar-refractivity contribution in [2.24, 2.45) is 0 Å². The van der Waals surface area contributed by atoms with Gasteiger partial charge in [0.15, 0.2) is 6.10 Å². The van der Waals surface area contributed by atoms with Gasteiger partial charge in [0.25, 0.3) is 0 Å². The Morgan fingerprint density at radius 1 is 1.29 bits per heavy atom. The van der Waals surface area contributed by atoms with Crippen molar-refractivity contribution in [3.63, 3.8) is 0 Å². The second-order valence-corrected chi connectivity index (χ2v) is 2.61. The lowest BCUT2D eigenvalue weighted by Crippen LogP contribution is -2.20. The van der Waals surface area contributed by atoms with Gasteiger partial charge in [-0.3, -0.25) is 4.79 Å². The fourth-order valence-corrected chi connectivity index (χ4v) is 0.656. The first-order valence-electron chi connectivity index (χ1n) is 4.46. The molecule has 5 heteroatoms. The minimum absolute atomic E-state index is 0.292. The van der Waals surface area contributed by atoms with Gasteiger partial charge in [-0.2, -0.15) is 0 Å². The van der Waals surface area contributed by atoms with Crippen LogP contribution in [-0.2, 0) is 14.3 Å². The monoisotopic (exact) mass is 206 g/mol. The summed E-state index contributed by atoms with van der Waals surface area (Å²) in [7, 11) is 1.39. The lowest BCUT2D eigenvalue weighted by atomic mass is 10.3. The van der Waals surface area contributed by atoms with E-state index in [4.69, 9.17) is 10.2 Å². The van der Waals surface area contributed by atoms with Crippen molar-refractivity contribution in [2.45, 2.75) is 39.2 Å². The first-order chi connectivity index (χ1) is 6.49. The average molecular weight is 206 g/mol. The third-order valence-electron chi connectivity index (χ3n) is 1.39. The van der Waals surface area contributed by atoms with Crippen LogP contribution in [0.5, 0.6) is 0 Å². The van der Waals surface area contributed by atoms with E-state index >= 15 is 0 Å². The van der Waals surface area contributed by atoms with Crippen LogP contribution in [0.25, 0.3) is 0 Å². The number of methoxy groups -OCH3 is 1. The van der Waals surface area contributed by atoms with Crippen molar-refractivity contribution in [1.29, 1.82) is 0 Å². The molecule has 0 aromatic rings. The van der Waals surface area contributed by atoms with Crippen molar-refractivity contribution in [1.82, 2.24) is 0 Å². The number of carboxylic acids is 2. The highest BCUT2D eigenvalue weighted by Gasteiger charge is 2.11. The second kappa shape index (κ2) is 9.98. The fourth-order valence-electron chi connectivity index (χ4n) is 0.656. The molecular formula is C9H18O5. The Hall–Kier alpha value is -1.10. The number of ether oxygens (including phenoxy) is 1. The van der Waals surface area contributed by atoms with E-state index in [0.29, 0.717) is 12.8 Å². The van der Waals surface area contributed by atoms with Gasteiger partial charge >= 0.3 is 11.9 Å². The summed E-state index contributed by atoms with van der Waals surface area (Å²) in [5.74, 6) is -1.60. The topological polar surface area (TPSA) is 83.8 Å². The lowest BCUT2D eigenvalue weighted by molar-refractivity contribution is -0.148. The van der Waals surface area contributed by atoms with E-state index in [9.17, 15) is 9.59 Å². The second-order valence-electron chi connectivity index (χ2n) is 2.61. The maximum atomic E-state index is 10.0. The Kier molecular flexibility index (Phi) is 11.0. The zero-order chi connectivity index (χ0) is 11.6. The summed E-state index contributed by atoms with van der Waals surface area (Å²) >= 11 is 0. The summed E-state index contributed by atoms with van der Waals surface area (Å²) in [6.45, 7) is 3.61. The fraction of sp³-hybridized carbons (Fsp3) is 0.778. The van der Waals surface area contributed by atoms with Gasteiger partial charge in [0.05, 0.1) is 0 Å². The SMILES string of the molecule is CCC(OC)C(=O)O.CCCC(=O)O. The average Bonchev–Trinajstić information content (AvgIpc) is 2.06. The molecule has 84 valence electrons. The molecule has 0 aliphatic carbocycles. The van der Waals surface area contributed by atoms with Crippen LogP contribution in [-0.4, -0.2) is 35.4 Å². The highest BCUT2D eigenvalue weighted by molar-refractivity contribution is 5.72. The molecule has 0 amide bonds. The van der Waals surface area contributed by atoms with E-state index in [0.717, 1.165) is 6.42 Å².